The van der Waals surface area contributed by atoms with Gasteiger partial charge in [-0.05, 0) is 45.3 Å². The number of amides is 1. The topological polar surface area (TPSA) is 166 Å². The zero-order chi connectivity index (χ0) is 26.1. The molecule has 0 bridgehead atoms. The molecule has 2 aromatic rings. The molecule has 11 nitrogen and oxygen atoms in total. The first-order valence-corrected chi connectivity index (χ1v) is 12.1. The van der Waals surface area contributed by atoms with Gasteiger partial charge in [0.1, 0.15) is 5.75 Å². The lowest BCUT2D eigenvalue weighted by Gasteiger charge is -2.16. The van der Waals surface area contributed by atoms with Gasteiger partial charge >= 0.3 is 5.69 Å². The van der Waals surface area contributed by atoms with Crippen LogP contribution >= 0.6 is 0 Å². The number of unbranched alkanes of at least 4 members (excludes halogenated alkanes) is 3. The van der Waals surface area contributed by atoms with Crippen molar-refractivity contribution in [3.8, 4) is 5.75 Å². The van der Waals surface area contributed by atoms with Crippen LogP contribution in [-0.2, 0) is 4.79 Å². The van der Waals surface area contributed by atoms with E-state index in [2.05, 4.69) is 30.9 Å². The highest BCUT2D eigenvalue weighted by Gasteiger charge is 2.28. The average molecular weight is 497 g/mol. The number of ketones is 2. The van der Waals surface area contributed by atoms with Gasteiger partial charge in [-0.2, -0.15) is 9.97 Å². The van der Waals surface area contributed by atoms with Crippen molar-refractivity contribution in [1.29, 1.82) is 0 Å². The second-order valence-corrected chi connectivity index (χ2v) is 8.88. The van der Waals surface area contributed by atoms with Crippen molar-refractivity contribution in [3.05, 3.63) is 51.5 Å². The number of aromatic amines is 1. The molecule has 0 saturated carbocycles. The summed E-state index contributed by atoms with van der Waals surface area (Å²) in [4.78, 5) is 59.2. The monoisotopic (exact) mass is 496 g/mol. The van der Waals surface area contributed by atoms with Crippen molar-refractivity contribution >= 4 is 29.4 Å². The fraction of sp³-hybridized carbons (Fsp3) is 0.440. The smallest absolute Gasteiger partial charge is 0.350 e. The number of phenolic OH excluding ortho intramolecular Hbond substituents is 1. The number of allylic oxidation sites excluding steroid dienone is 2. The van der Waals surface area contributed by atoms with E-state index in [0.29, 0.717) is 19.0 Å². The van der Waals surface area contributed by atoms with Crippen LogP contribution in [0.4, 0.5) is 11.9 Å². The van der Waals surface area contributed by atoms with Crippen molar-refractivity contribution in [2.45, 2.75) is 58.4 Å². The number of anilines is 2. The summed E-state index contributed by atoms with van der Waals surface area (Å²) in [5.41, 5.74) is -0.0485. The fourth-order valence-corrected chi connectivity index (χ4v) is 3.81. The van der Waals surface area contributed by atoms with Gasteiger partial charge in [-0.15, -0.1) is 0 Å². The van der Waals surface area contributed by atoms with E-state index >= 15 is 0 Å². The number of hydrogen-bond donors (Lipinski definition) is 5. The molecule has 1 aromatic carbocycles. The number of aromatic hydroxyl groups is 1. The van der Waals surface area contributed by atoms with Gasteiger partial charge in [0, 0.05) is 36.7 Å². The number of carbonyl (C=O) groups excluding carboxylic acids is 3. The van der Waals surface area contributed by atoms with E-state index in [9.17, 15) is 24.3 Å². The molecule has 11 heteroatoms. The third kappa shape index (κ3) is 7.49. The molecule has 36 heavy (non-hydrogen) atoms. The Morgan fingerprint density at radius 2 is 1.81 bits per heavy atom. The van der Waals surface area contributed by atoms with Crippen LogP contribution in [0.25, 0.3) is 0 Å². The maximum absolute atomic E-state index is 12.6. The summed E-state index contributed by atoms with van der Waals surface area (Å²) < 4.78 is 0. The number of Topliss-reactive ketones (excluding diaryl/α,β-unsaturated/α-hetero) is 1. The summed E-state index contributed by atoms with van der Waals surface area (Å²) >= 11 is 0. The van der Waals surface area contributed by atoms with Gasteiger partial charge in [0.05, 0.1) is 5.56 Å². The van der Waals surface area contributed by atoms with Crippen LogP contribution in [0, 0.1) is 0 Å². The van der Waals surface area contributed by atoms with E-state index in [1.807, 2.05) is 13.8 Å². The van der Waals surface area contributed by atoms with Gasteiger partial charge < -0.3 is 21.1 Å². The molecule has 0 atom stereocenters. The van der Waals surface area contributed by atoms with Crippen molar-refractivity contribution in [2.24, 2.45) is 0 Å². The van der Waals surface area contributed by atoms with Gasteiger partial charge in [0.2, 0.25) is 17.8 Å². The molecule has 0 unspecified atom stereocenters. The molecule has 0 saturated heterocycles. The summed E-state index contributed by atoms with van der Waals surface area (Å²) in [6.07, 6.45) is 4.97. The van der Waals surface area contributed by atoms with Crippen LogP contribution in [0.5, 0.6) is 5.75 Å². The number of nitrogens with one attached hydrogen (secondary N) is 4. The average Bonchev–Trinajstić information content (AvgIpc) is 2.81. The summed E-state index contributed by atoms with van der Waals surface area (Å²) in [6, 6.07) is 4.52. The molecule has 0 spiro atoms. The first kappa shape index (κ1) is 26.6. The second kappa shape index (κ2) is 12.6. The number of phenols is 1. The molecule has 0 fully saturated rings. The van der Waals surface area contributed by atoms with Crippen LogP contribution in [0.15, 0.2) is 34.6 Å². The Hall–Kier alpha value is -4.02. The highest BCUT2D eigenvalue weighted by molar-refractivity contribution is 6.25. The van der Waals surface area contributed by atoms with Gasteiger partial charge in [0.15, 0.2) is 11.6 Å². The molecular weight excluding hydrogens is 464 g/mol. The van der Waals surface area contributed by atoms with E-state index in [1.54, 1.807) is 0 Å². The minimum Gasteiger partial charge on any atom is -0.507 e. The van der Waals surface area contributed by atoms with Crippen molar-refractivity contribution in [2.75, 3.05) is 23.7 Å². The SMILES string of the molecule is CC(C)Nc1nc(NCCCCCCNC(=O)CCC2=CC(=O)c3cccc(O)c3C2=O)nc(=O)[nH]1. The predicted octanol–water partition coefficient (Wildman–Crippen LogP) is 2.57. The van der Waals surface area contributed by atoms with Gasteiger partial charge in [-0.25, -0.2) is 4.79 Å². The molecule has 1 aliphatic carbocycles. The van der Waals surface area contributed by atoms with Crippen LogP contribution in [0.2, 0.25) is 0 Å². The Morgan fingerprint density at radius 3 is 2.56 bits per heavy atom. The van der Waals surface area contributed by atoms with Gasteiger partial charge in [-0.3, -0.25) is 19.4 Å². The number of rotatable bonds is 13. The molecule has 1 amide bonds. The number of carbonyl (C=O) groups is 3. The van der Waals surface area contributed by atoms with Crippen molar-refractivity contribution in [3.63, 3.8) is 0 Å². The zero-order valence-electron chi connectivity index (χ0n) is 20.5. The van der Waals surface area contributed by atoms with Gasteiger partial charge in [-0.1, -0.05) is 25.0 Å². The number of hydrogen-bond acceptors (Lipinski definition) is 9. The molecule has 1 heterocycles. The quantitative estimate of drug-likeness (QED) is 0.262. The molecular formula is C25H32N6O5. The standard InChI is InChI=1S/C25H32N6O5/c1-15(2)28-24-29-23(30-25(36)31-24)27-13-6-4-3-5-12-26-20(34)11-10-16-14-19(33)17-8-7-9-18(32)21(17)22(16)35/h7-9,14-15,32H,3-6,10-13H2,1-2H3,(H,26,34)(H3,27,28,29,30,31,36). The van der Waals surface area contributed by atoms with E-state index in [4.69, 9.17) is 0 Å². The lowest BCUT2D eigenvalue weighted by Crippen LogP contribution is -2.25. The Balaban J connectivity index is 1.29. The Kier molecular flexibility index (Phi) is 9.32. The Labute approximate surface area is 208 Å². The number of benzene rings is 1. The van der Waals surface area contributed by atoms with E-state index in [0.717, 1.165) is 25.7 Å². The molecule has 3 rings (SSSR count). The molecule has 0 aliphatic heterocycles. The first-order chi connectivity index (χ1) is 17.2. The molecule has 1 aromatic heterocycles. The Morgan fingerprint density at radius 1 is 1.06 bits per heavy atom. The minimum absolute atomic E-state index is 0.00758. The van der Waals surface area contributed by atoms with Crippen LogP contribution in [-0.4, -0.2) is 56.7 Å². The van der Waals surface area contributed by atoms with Crippen LogP contribution in [0.3, 0.4) is 0 Å². The minimum atomic E-state index is -0.468. The lowest BCUT2D eigenvalue weighted by atomic mass is 9.87. The zero-order valence-corrected chi connectivity index (χ0v) is 20.5. The third-order valence-corrected chi connectivity index (χ3v) is 5.54. The van der Waals surface area contributed by atoms with E-state index in [1.165, 1.54) is 24.3 Å². The summed E-state index contributed by atoms with van der Waals surface area (Å²) in [6.45, 7) is 5.03. The normalized spacial score (nSPS) is 12.8. The van der Waals surface area contributed by atoms with Crippen molar-refractivity contribution < 1.29 is 19.5 Å². The summed E-state index contributed by atoms with van der Waals surface area (Å²) in [5.74, 6) is -0.527. The number of H-pyrrole nitrogens is 1. The highest BCUT2D eigenvalue weighted by atomic mass is 16.3. The van der Waals surface area contributed by atoms with E-state index in [-0.39, 0.29) is 59.0 Å². The first-order valence-electron chi connectivity index (χ1n) is 12.1. The third-order valence-electron chi connectivity index (χ3n) is 5.54. The summed E-state index contributed by atoms with van der Waals surface area (Å²) in [5, 5.41) is 18.9. The number of aromatic nitrogens is 3. The maximum Gasteiger partial charge on any atom is 0.350 e. The molecule has 0 radical (unpaired) electrons. The fourth-order valence-electron chi connectivity index (χ4n) is 3.81. The second-order valence-electron chi connectivity index (χ2n) is 8.88. The lowest BCUT2D eigenvalue weighted by molar-refractivity contribution is -0.121. The molecule has 5 N–H and O–H groups in total. The van der Waals surface area contributed by atoms with E-state index < -0.39 is 11.5 Å². The highest BCUT2D eigenvalue weighted by Crippen LogP contribution is 2.30. The van der Waals surface area contributed by atoms with Crippen molar-refractivity contribution in [1.82, 2.24) is 20.3 Å². The molecule has 1 aliphatic rings. The van der Waals surface area contributed by atoms with Crippen LogP contribution in [0.1, 0.15) is 73.1 Å². The number of fused-ring (bicyclic) bond motifs is 1. The van der Waals surface area contributed by atoms with Crippen LogP contribution < -0.4 is 21.6 Å². The Bertz CT molecular complexity index is 1200. The predicted molar refractivity (Wildman–Crippen MR) is 135 cm³/mol. The summed E-state index contributed by atoms with van der Waals surface area (Å²) in [7, 11) is 0. The number of nitrogens with zero attached hydrogens (tertiary/aromatic N) is 2. The van der Waals surface area contributed by atoms with Gasteiger partial charge in [0.25, 0.3) is 0 Å². The maximum atomic E-state index is 12.6. The molecule has 192 valence electrons. The largest absolute Gasteiger partial charge is 0.507 e.